The minimum Gasteiger partial charge on any atom is -0.411 e. The molecular weight excluding hydrogens is 376 g/mol. The normalized spacial score (nSPS) is 11.6. The van der Waals surface area contributed by atoms with Gasteiger partial charge < -0.3 is 10.5 Å². The Balaban J connectivity index is 1.71. The van der Waals surface area contributed by atoms with Crippen LogP contribution in [0.25, 0.3) is 10.9 Å². The van der Waals surface area contributed by atoms with Crippen LogP contribution in [0.15, 0.2) is 63.6 Å². The van der Waals surface area contributed by atoms with Crippen molar-refractivity contribution < 1.29 is 10.0 Å². The second-order valence-corrected chi connectivity index (χ2v) is 7.00. The smallest absolute Gasteiger partial charge is 0.262 e. The largest absolute Gasteiger partial charge is 0.411 e. The summed E-state index contributed by atoms with van der Waals surface area (Å²) in [6, 6.07) is 14.2. The maximum absolute atomic E-state index is 12.6. The standard InChI is InChI=1S/C20H20N4O3S/c1-3-24-19(26)16-6-4-5-7-17(16)22-20(24)28-12-18(25)21-15-10-8-14(9-11-15)13(2)23-27/h4-11,27H,3,12H2,1-2H3,(H,21,25). The van der Waals surface area contributed by atoms with Crippen molar-refractivity contribution >= 4 is 40.0 Å². The average Bonchev–Trinajstić information content (AvgIpc) is 2.72. The number of anilines is 1. The number of hydrogen-bond donors (Lipinski definition) is 2. The molecular formula is C20H20N4O3S. The number of benzene rings is 2. The Morgan fingerprint density at radius 1 is 1.21 bits per heavy atom. The first-order valence-electron chi connectivity index (χ1n) is 8.74. The fourth-order valence-corrected chi connectivity index (χ4v) is 3.58. The maximum Gasteiger partial charge on any atom is 0.262 e. The first kappa shape index (κ1) is 19.6. The molecule has 1 amide bonds. The quantitative estimate of drug-likeness (QED) is 0.219. The SMILES string of the molecule is CCn1c(SCC(=O)Nc2ccc(C(C)=NO)cc2)nc2ccccc2c1=O. The third-order valence-corrected chi connectivity index (χ3v) is 5.19. The lowest BCUT2D eigenvalue weighted by atomic mass is 10.1. The van der Waals surface area contributed by atoms with E-state index in [1.165, 1.54) is 11.8 Å². The van der Waals surface area contributed by atoms with Gasteiger partial charge in [0, 0.05) is 12.2 Å². The van der Waals surface area contributed by atoms with E-state index in [0.29, 0.717) is 34.0 Å². The lowest BCUT2D eigenvalue weighted by Gasteiger charge is -2.11. The molecule has 2 N–H and O–H groups in total. The topological polar surface area (TPSA) is 96.6 Å². The molecule has 3 aromatic rings. The van der Waals surface area contributed by atoms with Crippen LogP contribution >= 0.6 is 11.8 Å². The third-order valence-electron chi connectivity index (χ3n) is 4.21. The molecule has 1 aromatic heterocycles. The second kappa shape index (κ2) is 8.71. The van der Waals surface area contributed by atoms with E-state index in [1.54, 1.807) is 47.9 Å². The number of nitrogens with one attached hydrogen (secondary N) is 1. The third kappa shape index (κ3) is 4.23. The molecule has 28 heavy (non-hydrogen) atoms. The van der Waals surface area contributed by atoms with E-state index in [4.69, 9.17) is 5.21 Å². The van der Waals surface area contributed by atoms with Crippen LogP contribution in [0, 0.1) is 0 Å². The molecule has 0 unspecified atom stereocenters. The van der Waals surface area contributed by atoms with Gasteiger partial charge in [0.2, 0.25) is 5.91 Å². The van der Waals surface area contributed by atoms with Crippen molar-refractivity contribution in [1.29, 1.82) is 0 Å². The molecule has 0 aliphatic carbocycles. The highest BCUT2D eigenvalue weighted by Gasteiger charge is 2.12. The first-order valence-corrected chi connectivity index (χ1v) is 9.73. The van der Waals surface area contributed by atoms with Crippen molar-refractivity contribution in [3.8, 4) is 0 Å². The number of carbonyl (C=O) groups is 1. The van der Waals surface area contributed by atoms with Crippen molar-refractivity contribution in [1.82, 2.24) is 9.55 Å². The van der Waals surface area contributed by atoms with Gasteiger partial charge in [0.05, 0.1) is 22.4 Å². The number of rotatable bonds is 6. The van der Waals surface area contributed by atoms with Crippen LogP contribution in [0.3, 0.4) is 0 Å². The summed E-state index contributed by atoms with van der Waals surface area (Å²) >= 11 is 1.23. The summed E-state index contributed by atoms with van der Waals surface area (Å²) in [5.41, 5.74) is 2.42. The van der Waals surface area contributed by atoms with Gasteiger partial charge in [-0.2, -0.15) is 0 Å². The number of oxime groups is 1. The zero-order valence-electron chi connectivity index (χ0n) is 15.5. The summed E-state index contributed by atoms with van der Waals surface area (Å²) < 4.78 is 1.58. The number of aromatic nitrogens is 2. The molecule has 0 fully saturated rings. The van der Waals surface area contributed by atoms with Crippen LogP contribution in [0.1, 0.15) is 19.4 Å². The Bertz CT molecular complexity index is 1090. The molecule has 3 rings (SSSR count). The van der Waals surface area contributed by atoms with Crippen molar-refractivity contribution in [3.05, 3.63) is 64.4 Å². The Morgan fingerprint density at radius 3 is 2.61 bits per heavy atom. The predicted octanol–water partition coefficient (Wildman–Crippen LogP) is 3.35. The van der Waals surface area contributed by atoms with Crippen molar-refractivity contribution in [2.24, 2.45) is 5.16 Å². The highest BCUT2D eigenvalue weighted by atomic mass is 32.2. The van der Waals surface area contributed by atoms with Crippen molar-refractivity contribution in [3.63, 3.8) is 0 Å². The zero-order valence-corrected chi connectivity index (χ0v) is 16.4. The van der Waals surface area contributed by atoms with Crippen LogP contribution in [-0.4, -0.2) is 32.1 Å². The van der Waals surface area contributed by atoms with Crippen molar-refractivity contribution in [2.45, 2.75) is 25.5 Å². The molecule has 7 nitrogen and oxygen atoms in total. The minimum absolute atomic E-state index is 0.104. The fraction of sp³-hybridized carbons (Fsp3) is 0.200. The van der Waals surface area contributed by atoms with E-state index >= 15 is 0 Å². The number of para-hydroxylation sites is 1. The number of carbonyl (C=O) groups excluding carboxylic acids is 1. The maximum atomic E-state index is 12.6. The molecule has 144 valence electrons. The summed E-state index contributed by atoms with van der Waals surface area (Å²) in [5, 5.41) is 15.8. The van der Waals surface area contributed by atoms with Gasteiger partial charge in [-0.05, 0) is 43.7 Å². The average molecular weight is 396 g/mol. The van der Waals surface area contributed by atoms with E-state index < -0.39 is 0 Å². The van der Waals surface area contributed by atoms with E-state index in [0.717, 1.165) is 5.56 Å². The molecule has 1 heterocycles. The van der Waals surface area contributed by atoms with Gasteiger partial charge in [0.1, 0.15) is 0 Å². The molecule has 0 saturated carbocycles. The number of amides is 1. The van der Waals surface area contributed by atoms with Gasteiger partial charge in [-0.25, -0.2) is 4.98 Å². The van der Waals surface area contributed by atoms with Crippen LogP contribution in [0.5, 0.6) is 0 Å². The molecule has 0 aliphatic rings. The van der Waals surface area contributed by atoms with Gasteiger partial charge in [0.15, 0.2) is 5.16 Å². The fourth-order valence-electron chi connectivity index (χ4n) is 2.72. The van der Waals surface area contributed by atoms with E-state index in [9.17, 15) is 9.59 Å². The summed E-state index contributed by atoms with van der Waals surface area (Å²) in [6.45, 7) is 4.04. The van der Waals surface area contributed by atoms with Crippen LogP contribution in [0.2, 0.25) is 0 Å². The van der Waals surface area contributed by atoms with E-state index in [-0.39, 0.29) is 17.2 Å². The molecule has 0 aliphatic heterocycles. The summed E-state index contributed by atoms with van der Waals surface area (Å²) in [7, 11) is 0. The van der Waals surface area contributed by atoms with Crippen LogP contribution in [-0.2, 0) is 11.3 Å². The molecule has 0 spiro atoms. The molecule has 8 heteroatoms. The van der Waals surface area contributed by atoms with Gasteiger partial charge in [-0.3, -0.25) is 14.2 Å². The monoisotopic (exact) mass is 396 g/mol. The minimum atomic E-state index is -0.199. The van der Waals surface area contributed by atoms with Crippen LogP contribution < -0.4 is 10.9 Å². The zero-order chi connectivity index (χ0) is 20.1. The van der Waals surface area contributed by atoms with Crippen molar-refractivity contribution in [2.75, 3.05) is 11.1 Å². The Morgan fingerprint density at radius 2 is 1.93 bits per heavy atom. The Labute approximate surface area is 166 Å². The number of thioether (sulfide) groups is 1. The highest BCUT2D eigenvalue weighted by molar-refractivity contribution is 7.99. The van der Waals surface area contributed by atoms with Crippen LogP contribution in [0.4, 0.5) is 5.69 Å². The molecule has 0 radical (unpaired) electrons. The number of nitrogens with zero attached hydrogens (tertiary/aromatic N) is 3. The molecule has 0 saturated heterocycles. The predicted molar refractivity (Wildman–Crippen MR) is 111 cm³/mol. The van der Waals surface area contributed by atoms with Gasteiger partial charge in [0.25, 0.3) is 5.56 Å². The Hall–Kier alpha value is -3.13. The summed E-state index contributed by atoms with van der Waals surface area (Å²) in [4.78, 5) is 29.4. The number of hydrogen-bond acceptors (Lipinski definition) is 6. The highest BCUT2D eigenvalue weighted by Crippen LogP contribution is 2.18. The molecule has 2 aromatic carbocycles. The number of fused-ring (bicyclic) bond motifs is 1. The lowest BCUT2D eigenvalue weighted by molar-refractivity contribution is -0.113. The van der Waals surface area contributed by atoms with E-state index in [2.05, 4.69) is 15.5 Å². The first-order chi connectivity index (χ1) is 13.5. The van der Waals surface area contributed by atoms with Gasteiger partial charge in [-0.1, -0.05) is 41.2 Å². The van der Waals surface area contributed by atoms with E-state index in [1.807, 2.05) is 19.1 Å². The molecule has 0 bridgehead atoms. The van der Waals surface area contributed by atoms with Gasteiger partial charge >= 0.3 is 0 Å². The Kier molecular flexibility index (Phi) is 6.10. The summed E-state index contributed by atoms with van der Waals surface area (Å²) in [5.74, 6) is -0.0701. The van der Waals surface area contributed by atoms with Gasteiger partial charge in [-0.15, -0.1) is 0 Å². The summed E-state index contributed by atoms with van der Waals surface area (Å²) in [6.07, 6.45) is 0. The second-order valence-electron chi connectivity index (χ2n) is 6.06. The molecule has 0 atom stereocenters. The lowest BCUT2D eigenvalue weighted by Crippen LogP contribution is -2.23.